The van der Waals surface area contributed by atoms with Crippen LogP contribution in [0.5, 0.6) is 0 Å². The number of rotatable bonds is 3. The number of carbonyl (C=O) groups is 1. The fraction of sp³-hybridized carbons (Fsp3) is 0.583. The summed E-state index contributed by atoms with van der Waals surface area (Å²) in [4.78, 5) is 15.1. The topological polar surface area (TPSA) is 49.8 Å². The molecule has 1 aliphatic heterocycles. The van der Waals surface area contributed by atoms with Crippen molar-refractivity contribution in [2.24, 2.45) is 0 Å². The minimum absolute atomic E-state index is 0.372. The van der Waals surface area contributed by atoms with E-state index in [9.17, 15) is 9.90 Å². The van der Waals surface area contributed by atoms with E-state index < -0.39 is 12.1 Å². The van der Waals surface area contributed by atoms with Crippen LogP contribution in [0.15, 0.2) is 9.85 Å². The van der Waals surface area contributed by atoms with E-state index in [0.717, 1.165) is 16.8 Å². The summed E-state index contributed by atoms with van der Waals surface area (Å²) in [7, 11) is 1.36. The molecule has 0 aromatic carbocycles. The number of aliphatic hydroxyl groups is 1. The van der Waals surface area contributed by atoms with Gasteiger partial charge in [-0.3, -0.25) is 9.69 Å². The molecule has 4 nitrogen and oxygen atoms in total. The lowest BCUT2D eigenvalue weighted by molar-refractivity contribution is -0.151. The zero-order chi connectivity index (χ0) is 13.3. The first-order chi connectivity index (χ1) is 8.52. The summed E-state index contributed by atoms with van der Waals surface area (Å²) in [5.74, 6) is -0.372. The van der Waals surface area contributed by atoms with Crippen molar-refractivity contribution in [3.05, 3.63) is 20.3 Å². The minimum Gasteiger partial charge on any atom is -0.468 e. The lowest BCUT2D eigenvalue weighted by Crippen LogP contribution is -2.50. The molecule has 0 saturated heterocycles. The number of halogens is 1. The van der Waals surface area contributed by atoms with Gasteiger partial charge in [-0.1, -0.05) is 0 Å². The first-order valence-corrected chi connectivity index (χ1v) is 7.41. The highest BCUT2D eigenvalue weighted by atomic mass is 79.9. The minimum atomic E-state index is -0.735. The van der Waals surface area contributed by atoms with Gasteiger partial charge in [0.25, 0.3) is 0 Å². The Morgan fingerprint density at radius 3 is 3.00 bits per heavy atom. The zero-order valence-corrected chi connectivity index (χ0v) is 12.8. The van der Waals surface area contributed by atoms with Crippen molar-refractivity contribution < 1.29 is 14.6 Å². The molecule has 1 aliphatic rings. The Bertz CT molecular complexity index is 447. The first kappa shape index (κ1) is 14.0. The lowest BCUT2D eigenvalue weighted by atomic mass is 10.0. The second kappa shape index (κ2) is 5.69. The number of hydrogen-bond donors (Lipinski definition) is 1. The van der Waals surface area contributed by atoms with Gasteiger partial charge in [-0.2, -0.15) is 0 Å². The number of methoxy groups -OCH3 is 1. The fourth-order valence-electron chi connectivity index (χ4n) is 2.33. The molecule has 2 rings (SSSR count). The predicted octanol–water partition coefficient (Wildman–Crippen LogP) is 1.79. The van der Waals surface area contributed by atoms with E-state index in [1.807, 2.05) is 4.90 Å². The van der Waals surface area contributed by atoms with Crippen molar-refractivity contribution in [2.75, 3.05) is 13.7 Å². The average molecular weight is 334 g/mol. The fourth-order valence-corrected chi connectivity index (χ4v) is 4.07. The third-order valence-electron chi connectivity index (χ3n) is 3.16. The maximum atomic E-state index is 11.7. The summed E-state index contributed by atoms with van der Waals surface area (Å²) < 4.78 is 5.88. The molecule has 0 saturated carbocycles. The van der Waals surface area contributed by atoms with E-state index >= 15 is 0 Å². The average Bonchev–Trinajstić information content (AvgIpc) is 2.68. The number of hydrogen-bond acceptors (Lipinski definition) is 5. The Labute approximate surface area is 119 Å². The van der Waals surface area contributed by atoms with Crippen LogP contribution in [0, 0.1) is 0 Å². The van der Waals surface area contributed by atoms with Gasteiger partial charge in [-0.15, -0.1) is 11.3 Å². The van der Waals surface area contributed by atoms with E-state index in [4.69, 9.17) is 4.74 Å². The molecule has 6 heteroatoms. The van der Waals surface area contributed by atoms with Crippen molar-refractivity contribution in [2.45, 2.75) is 32.0 Å². The van der Waals surface area contributed by atoms with Gasteiger partial charge < -0.3 is 9.84 Å². The van der Waals surface area contributed by atoms with E-state index in [1.54, 1.807) is 18.3 Å². The van der Waals surface area contributed by atoms with Crippen LogP contribution in [-0.4, -0.2) is 41.8 Å². The number of ether oxygens (including phenoxy) is 1. The van der Waals surface area contributed by atoms with Gasteiger partial charge in [0, 0.05) is 18.0 Å². The van der Waals surface area contributed by atoms with E-state index in [-0.39, 0.29) is 5.97 Å². The summed E-state index contributed by atoms with van der Waals surface area (Å²) in [5, 5.41) is 9.77. The molecule has 18 heavy (non-hydrogen) atoms. The Hall–Kier alpha value is -0.430. The van der Waals surface area contributed by atoms with Crippen LogP contribution in [0.2, 0.25) is 0 Å². The Morgan fingerprint density at radius 1 is 1.67 bits per heavy atom. The van der Waals surface area contributed by atoms with Gasteiger partial charge in [0.1, 0.15) is 6.04 Å². The number of fused-ring (bicyclic) bond motifs is 1. The molecule has 0 bridgehead atoms. The predicted molar refractivity (Wildman–Crippen MR) is 73.6 cm³/mol. The number of nitrogens with zero attached hydrogens (tertiary/aromatic N) is 1. The molecule has 2 atom stereocenters. The molecule has 0 fully saturated rings. The molecule has 0 aliphatic carbocycles. The van der Waals surface area contributed by atoms with E-state index in [2.05, 4.69) is 22.0 Å². The standard InChI is InChI=1S/C12H16BrNO3S/c1-7(15)11(12(16)17-2)14-4-3-9-8(6-14)5-10(13)18-9/h5,7,11,15H,3-4,6H2,1-2H3. The summed E-state index contributed by atoms with van der Waals surface area (Å²) in [6.07, 6.45) is 0.173. The van der Waals surface area contributed by atoms with E-state index in [0.29, 0.717) is 6.54 Å². The van der Waals surface area contributed by atoms with Crippen molar-refractivity contribution >= 4 is 33.2 Å². The van der Waals surface area contributed by atoms with Crippen molar-refractivity contribution in [3.8, 4) is 0 Å². The van der Waals surface area contributed by atoms with Crippen molar-refractivity contribution in [1.82, 2.24) is 4.90 Å². The van der Waals surface area contributed by atoms with Gasteiger partial charge in [0.2, 0.25) is 0 Å². The van der Waals surface area contributed by atoms with Crippen molar-refractivity contribution in [1.29, 1.82) is 0 Å². The molecule has 2 heterocycles. The third-order valence-corrected chi connectivity index (χ3v) is 4.90. The first-order valence-electron chi connectivity index (χ1n) is 5.80. The molecular weight excluding hydrogens is 318 g/mol. The van der Waals surface area contributed by atoms with Crippen LogP contribution in [0.25, 0.3) is 0 Å². The normalized spacial score (nSPS) is 19.1. The summed E-state index contributed by atoms with van der Waals surface area (Å²) in [5.41, 5.74) is 1.23. The highest BCUT2D eigenvalue weighted by molar-refractivity contribution is 9.11. The van der Waals surface area contributed by atoms with Crippen LogP contribution in [0.1, 0.15) is 17.4 Å². The molecule has 1 N–H and O–H groups in total. The molecule has 0 radical (unpaired) electrons. The quantitative estimate of drug-likeness (QED) is 0.857. The zero-order valence-electron chi connectivity index (χ0n) is 10.4. The van der Waals surface area contributed by atoms with Crippen molar-refractivity contribution in [3.63, 3.8) is 0 Å². The number of thiophene rings is 1. The molecule has 1 aromatic rings. The highest BCUT2D eigenvalue weighted by Crippen LogP contribution is 2.32. The van der Waals surface area contributed by atoms with Crippen LogP contribution >= 0.6 is 27.3 Å². The monoisotopic (exact) mass is 333 g/mol. The third kappa shape index (κ3) is 2.77. The molecule has 2 unspecified atom stereocenters. The largest absolute Gasteiger partial charge is 0.468 e. The van der Waals surface area contributed by atoms with Gasteiger partial charge in [0.05, 0.1) is 17.0 Å². The van der Waals surface area contributed by atoms with Gasteiger partial charge in [0.15, 0.2) is 0 Å². The maximum absolute atomic E-state index is 11.7. The Morgan fingerprint density at radius 2 is 2.39 bits per heavy atom. The lowest BCUT2D eigenvalue weighted by Gasteiger charge is -2.34. The molecular formula is C12H16BrNO3S. The van der Waals surface area contributed by atoms with Crippen LogP contribution in [-0.2, 0) is 22.5 Å². The van der Waals surface area contributed by atoms with Crippen LogP contribution < -0.4 is 0 Å². The highest BCUT2D eigenvalue weighted by Gasteiger charge is 2.33. The number of aliphatic hydroxyl groups excluding tert-OH is 1. The SMILES string of the molecule is COC(=O)C(C(C)O)N1CCc2sc(Br)cc2C1. The van der Waals surface area contributed by atoms with Crippen LogP contribution in [0.4, 0.5) is 0 Å². The maximum Gasteiger partial charge on any atom is 0.325 e. The smallest absolute Gasteiger partial charge is 0.325 e. The summed E-state index contributed by atoms with van der Waals surface area (Å²) in [6, 6.07) is 1.50. The van der Waals surface area contributed by atoms with Crippen LogP contribution in [0.3, 0.4) is 0 Å². The summed E-state index contributed by atoms with van der Waals surface area (Å²) >= 11 is 5.22. The second-order valence-electron chi connectivity index (χ2n) is 4.43. The van der Waals surface area contributed by atoms with E-state index in [1.165, 1.54) is 17.6 Å². The van der Waals surface area contributed by atoms with Gasteiger partial charge in [-0.05, 0) is 40.9 Å². The Balaban J connectivity index is 2.17. The molecule has 100 valence electrons. The number of esters is 1. The molecule has 0 amide bonds. The van der Waals surface area contributed by atoms with Gasteiger partial charge >= 0.3 is 5.97 Å². The van der Waals surface area contributed by atoms with Gasteiger partial charge in [-0.25, -0.2) is 0 Å². The molecule has 1 aromatic heterocycles. The number of carbonyl (C=O) groups excluding carboxylic acids is 1. The second-order valence-corrected chi connectivity index (χ2v) is 6.94. The Kier molecular flexibility index (Phi) is 4.42. The molecule has 0 spiro atoms. The summed E-state index contributed by atoms with van der Waals surface area (Å²) in [6.45, 7) is 3.08.